The Morgan fingerprint density at radius 3 is 2.60 bits per heavy atom. The number of rotatable bonds is 7. The molecular weight excluding hydrogens is 524 g/mol. The average molecular weight is 558 g/mol. The van der Waals surface area contributed by atoms with Gasteiger partial charge in [0.25, 0.3) is 5.89 Å². The Morgan fingerprint density at radius 2 is 1.90 bits per heavy atom. The van der Waals surface area contributed by atoms with E-state index in [1.165, 1.54) is 6.07 Å². The molecule has 214 valence electrons. The van der Waals surface area contributed by atoms with Gasteiger partial charge in [-0.15, -0.1) is 0 Å². The maximum absolute atomic E-state index is 14.3. The number of likely N-dealkylation sites (tertiary alicyclic amines) is 1. The molecule has 13 heteroatoms. The molecule has 0 bridgehead atoms. The van der Waals surface area contributed by atoms with Crippen molar-refractivity contribution in [1.29, 1.82) is 0 Å². The fourth-order valence-electron chi connectivity index (χ4n) is 5.05. The highest BCUT2D eigenvalue weighted by molar-refractivity contribution is 5.67. The van der Waals surface area contributed by atoms with Crippen LogP contribution in [0.1, 0.15) is 50.5 Å². The molecule has 5 rings (SSSR count). The van der Waals surface area contributed by atoms with Crippen molar-refractivity contribution < 1.29 is 27.6 Å². The van der Waals surface area contributed by atoms with Crippen molar-refractivity contribution in [2.75, 3.05) is 31.1 Å². The van der Waals surface area contributed by atoms with Crippen LogP contribution in [-0.4, -0.2) is 75.5 Å². The van der Waals surface area contributed by atoms with Crippen LogP contribution in [0.4, 0.5) is 19.5 Å². The number of halogens is 2. The minimum Gasteiger partial charge on any atom is -0.447 e. The van der Waals surface area contributed by atoms with Gasteiger partial charge in [0.2, 0.25) is 11.8 Å². The normalized spacial score (nSPS) is 20.2. The Morgan fingerprint density at radius 1 is 1.15 bits per heavy atom. The van der Waals surface area contributed by atoms with Crippen molar-refractivity contribution >= 4 is 12.0 Å². The van der Waals surface area contributed by atoms with E-state index in [1.54, 1.807) is 17.3 Å². The Kier molecular flexibility index (Phi) is 8.50. The van der Waals surface area contributed by atoms with Crippen LogP contribution in [0, 0.1) is 11.6 Å². The van der Waals surface area contributed by atoms with Gasteiger partial charge >= 0.3 is 6.09 Å². The fourth-order valence-corrected chi connectivity index (χ4v) is 5.05. The lowest BCUT2D eigenvalue weighted by molar-refractivity contribution is -0.0147. The molecule has 0 saturated carbocycles. The number of carbonyl (C=O) groups is 1. The molecule has 4 heterocycles. The third-order valence-corrected chi connectivity index (χ3v) is 7.14. The molecule has 11 nitrogen and oxygen atoms in total. The molecule has 0 aliphatic carbocycles. The lowest BCUT2D eigenvalue weighted by Gasteiger charge is -2.37. The van der Waals surface area contributed by atoms with E-state index in [9.17, 15) is 13.6 Å². The second kappa shape index (κ2) is 12.2. The summed E-state index contributed by atoms with van der Waals surface area (Å²) in [5.41, 5.74) is 7.23. The molecule has 2 aliphatic heterocycles. The van der Waals surface area contributed by atoms with Gasteiger partial charge in [-0.2, -0.15) is 4.98 Å². The van der Waals surface area contributed by atoms with E-state index in [0.29, 0.717) is 74.2 Å². The number of hydrogen-bond acceptors (Lipinski definition) is 10. The zero-order chi connectivity index (χ0) is 28.2. The summed E-state index contributed by atoms with van der Waals surface area (Å²) in [4.78, 5) is 28.9. The largest absolute Gasteiger partial charge is 0.447 e. The molecule has 2 atom stereocenters. The van der Waals surface area contributed by atoms with E-state index in [2.05, 4.69) is 20.1 Å². The quantitative estimate of drug-likeness (QED) is 0.459. The highest BCUT2D eigenvalue weighted by Gasteiger charge is 2.31. The number of benzene rings is 1. The van der Waals surface area contributed by atoms with Gasteiger partial charge in [-0.05, 0) is 56.9 Å². The molecule has 0 spiro atoms. The Labute approximate surface area is 230 Å². The molecule has 0 unspecified atom stereocenters. The number of hydrogen-bond donors (Lipinski definition) is 1. The van der Waals surface area contributed by atoms with E-state index in [-0.39, 0.29) is 30.8 Å². The summed E-state index contributed by atoms with van der Waals surface area (Å²) in [6.45, 7) is 5.90. The van der Waals surface area contributed by atoms with Crippen molar-refractivity contribution in [1.82, 2.24) is 25.0 Å². The second-order valence-electron chi connectivity index (χ2n) is 10.4. The minimum absolute atomic E-state index is 0.0195. The van der Waals surface area contributed by atoms with E-state index in [4.69, 9.17) is 19.7 Å². The number of amides is 1. The van der Waals surface area contributed by atoms with Gasteiger partial charge in [0.1, 0.15) is 18.2 Å². The van der Waals surface area contributed by atoms with E-state index < -0.39 is 17.7 Å². The number of nitrogens with two attached hydrogens (primary N) is 1. The summed E-state index contributed by atoms with van der Waals surface area (Å²) in [6.07, 6.45) is 4.68. The molecule has 2 saturated heterocycles. The first-order valence-corrected chi connectivity index (χ1v) is 13.4. The summed E-state index contributed by atoms with van der Waals surface area (Å²) >= 11 is 0. The van der Waals surface area contributed by atoms with Crippen LogP contribution < -0.4 is 10.6 Å². The van der Waals surface area contributed by atoms with Gasteiger partial charge in [-0.25, -0.2) is 23.5 Å². The van der Waals surface area contributed by atoms with Crippen molar-refractivity contribution in [2.45, 2.75) is 63.9 Å². The maximum atomic E-state index is 14.3. The molecule has 3 aromatic rings. The molecule has 1 aromatic carbocycles. The van der Waals surface area contributed by atoms with E-state index in [0.717, 1.165) is 12.1 Å². The zero-order valence-corrected chi connectivity index (χ0v) is 22.5. The number of anilines is 1. The standard InChI is InChI=1S/C27H33F2N7O4/c1-16(2)39-27(37)35-8-5-19(6-9-35)38-15-24-33-25(34-40-24)17-12-31-26(32-13-17)36-10-7-20(23(30)14-36)21-11-18(28)3-4-22(21)29/h3-4,11-13,16,19-20,23H,5-10,14-15,30H2,1-2H3/t20-,23-/m0/s1. The van der Waals surface area contributed by atoms with Crippen LogP contribution in [-0.2, 0) is 16.1 Å². The second-order valence-corrected chi connectivity index (χ2v) is 10.4. The van der Waals surface area contributed by atoms with Crippen molar-refractivity contribution in [3.63, 3.8) is 0 Å². The highest BCUT2D eigenvalue weighted by atomic mass is 19.1. The lowest BCUT2D eigenvalue weighted by Crippen LogP contribution is -2.48. The van der Waals surface area contributed by atoms with Gasteiger partial charge in [0.05, 0.1) is 17.8 Å². The van der Waals surface area contributed by atoms with Crippen LogP contribution in [0.15, 0.2) is 35.1 Å². The topological polar surface area (TPSA) is 133 Å². The van der Waals surface area contributed by atoms with Gasteiger partial charge in [0.15, 0.2) is 0 Å². The summed E-state index contributed by atoms with van der Waals surface area (Å²) in [5.74, 6) is -0.0676. The molecule has 2 fully saturated rings. The molecular formula is C27H33F2N7O4. The third kappa shape index (κ3) is 6.53. The molecule has 2 aliphatic rings. The van der Waals surface area contributed by atoms with Crippen LogP contribution in [0.5, 0.6) is 0 Å². The Balaban J connectivity index is 1.11. The van der Waals surface area contributed by atoms with Gasteiger partial charge < -0.3 is 29.5 Å². The number of carbonyl (C=O) groups excluding carboxylic acids is 1. The molecule has 40 heavy (non-hydrogen) atoms. The first-order chi connectivity index (χ1) is 19.3. The summed E-state index contributed by atoms with van der Waals surface area (Å²) in [6, 6.07) is 3.06. The third-order valence-electron chi connectivity index (χ3n) is 7.14. The number of aromatic nitrogens is 4. The van der Waals surface area contributed by atoms with Crippen LogP contribution >= 0.6 is 0 Å². The smallest absolute Gasteiger partial charge is 0.410 e. The highest BCUT2D eigenvalue weighted by Crippen LogP contribution is 2.31. The Bertz CT molecular complexity index is 1300. The molecule has 2 aromatic heterocycles. The minimum atomic E-state index is -0.479. The van der Waals surface area contributed by atoms with Crippen molar-refractivity contribution in [3.8, 4) is 11.4 Å². The summed E-state index contributed by atoms with van der Waals surface area (Å²) in [7, 11) is 0. The van der Waals surface area contributed by atoms with E-state index >= 15 is 0 Å². The van der Waals surface area contributed by atoms with Crippen LogP contribution in [0.2, 0.25) is 0 Å². The maximum Gasteiger partial charge on any atom is 0.410 e. The van der Waals surface area contributed by atoms with Crippen LogP contribution in [0.25, 0.3) is 11.4 Å². The van der Waals surface area contributed by atoms with E-state index in [1.807, 2.05) is 18.7 Å². The SMILES string of the molecule is CC(C)OC(=O)N1CCC(OCc2nc(-c3cnc(N4CC[C@@H](c5cc(F)ccc5F)[C@@H](N)C4)nc3)no2)CC1. The van der Waals surface area contributed by atoms with Crippen LogP contribution in [0.3, 0.4) is 0 Å². The van der Waals surface area contributed by atoms with Gasteiger partial charge in [-0.1, -0.05) is 5.16 Å². The van der Waals surface area contributed by atoms with Gasteiger partial charge in [0, 0.05) is 50.5 Å². The number of ether oxygens (including phenoxy) is 2. The van der Waals surface area contributed by atoms with Crippen molar-refractivity contribution in [3.05, 3.63) is 53.7 Å². The number of nitrogens with zero attached hydrogens (tertiary/aromatic N) is 6. The summed E-state index contributed by atoms with van der Waals surface area (Å²) in [5, 5.41) is 4.01. The lowest BCUT2D eigenvalue weighted by atomic mass is 9.85. The first-order valence-electron chi connectivity index (χ1n) is 13.4. The van der Waals surface area contributed by atoms with Gasteiger partial charge in [-0.3, -0.25) is 0 Å². The fraction of sp³-hybridized carbons (Fsp3) is 0.519. The number of piperidine rings is 2. The molecule has 1 amide bonds. The molecule has 2 N–H and O–H groups in total. The first kappa shape index (κ1) is 27.8. The summed E-state index contributed by atoms with van der Waals surface area (Å²) < 4.78 is 44.4. The molecule has 0 radical (unpaired) electrons. The predicted octanol–water partition coefficient (Wildman–Crippen LogP) is 3.65. The predicted molar refractivity (Wildman–Crippen MR) is 140 cm³/mol. The van der Waals surface area contributed by atoms with Crippen molar-refractivity contribution in [2.24, 2.45) is 5.73 Å². The monoisotopic (exact) mass is 557 g/mol. The zero-order valence-electron chi connectivity index (χ0n) is 22.5. The average Bonchev–Trinajstić information content (AvgIpc) is 3.42. The Hall–Kier alpha value is -3.71.